The van der Waals surface area contributed by atoms with E-state index in [9.17, 15) is 9.59 Å². The predicted octanol–water partition coefficient (Wildman–Crippen LogP) is 0.871. The lowest BCUT2D eigenvalue weighted by Crippen LogP contribution is -2.34. The quantitative estimate of drug-likeness (QED) is 0.660. The summed E-state index contributed by atoms with van der Waals surface area (Å²) in [5.74, 6) is -0.426. The van der Waals surface area contributed by atoms with Crippen molar-refractivity contribution in [3.8, 4) is 0 Å². The normalized spacial score (nSPS) is 11.0. The molecule has 0 saturated heterocycles. The van der Waals surface area contributed by atoms with Crippen LogP contribution in [0.4, 0.5) is 0 Å². The Morgan fingerprint density at radius 2 is 1.94 bits per heavy atom. The molecule has 0 spiro atoms. The van der Waals surface area contributed by atoms with Gasteiger partial charge in [-0.1, -0.05) is 0 Å². The molecule has 0 aliphatic carbocycles. The molecule has 0 heterocycles. The first-order valence-corrected chi connectivity index (χ1v) is 5.38. The van der Waals surface area contributed by atoms with E-state index >= 15 is 0 Å². The topological polar surface area (TPSA) is 64.6 Å². The first kappa shape index (κ1) is 14.9. The summed E-state index contributed by atoms with van der Waals surface area (Å²) in [6.45, 7) is 6.08. The van der Waals surface area contributed by atoms with E-state index in [0.717, 1.165) is 0 Å². The van der Waals surface area contributed by atoms with Crippen LogP contribution in [0, 0.1) is 0 Å². The van der Waals surface area contributed by atoms with Gasteiger partial charge in [-0.05, 0) is 20.8 Å². The maximum Gasteiger partial charge on any atom is 0.307 e. The van der Waals surface area contributed by atoms with Crippen LogP contribution in [0.15, 0.2) is 0 Å². The minimum absolute atomic E-state index is 0.129. The zero-order chi connectivity index (χ0) is 12.6. The molecule has 0 atom stereocenters. The van der Waals surface area contributed by atoms with Gasteiger partial charge in [0, 0.05) is 13.7 Å². The molecular weight excluding hydrogens is 210 g/mol. The number of ether oxygens (including phenoxy) is 2. The highest BCUT2D eigenvalue weighted by molar-refractivity contribution is 5.77. The molecule has 0 radical (unpaired) electrons. The van der Waals surface area contributed by atoms with E-state index in [1.54, 1.807) is 14.0 Å². The molecule has 1 N–H and O–H groups in total. The van der Waals surface area contributed by atoms with Crippen molar-refractivity contribution < 1.29 is 19.1 Å². The fraction of sp³-hybridized carbons (Fsp3) is 0.818. The lowest BCUT2D eigenvalue weighted by Gasteiger charge is -2.21. The average Bonchev–Trinajstić information content (AvgIpc) is 2.17. The standard InChI is InChI=1S/C11H21NO4/c1-5-16-10(14)6-7-12-9(13)8-11(2,3)15-4/h5-8H2,1-4H3,(H,12,13). The number of hydrogen-bond acceptors (Lipinski definition) is 4. The van der Waals surface area contributed by atoms with Crippen LogP contribution in [0.25, 0.3) is 0 Å². The van der Waals surface area contributed by atoms with Gasteiger partial charge in [0.05, 0.1) is 25.0 Å². The molecule has 0 unspecified atom stereocenters. The zero-order valence-electron chi connectivity index (χ0n) is 10.5. The Morgan fingerprint density at radius 1 is 1.31 bits per heavy atom. The minimum Gasteiger partial charge on any atom is -0.466 e. The molecular formula is C11H21NO4. The van der Waals surface area contributed by atoms with Gasteiger partial charge in [0.1, 0.15) is 0 Å². The van der Waals surface area contributed by atoms with Crippen molar-refractivity contribution in [3.63, 3.8) is 0 Å². The van der Waals surface area contributed by atoms with E-state index in [0.29, 0.717) is 13.2 Å². The lowest BCUT2D eigenvalue weighted by atomic mass is 10.1. The average molecular weight is 231 g/mol. The van der Waals surface area contributed by atoms with Gasteiger partial charge in [-0.3, -0.25) is 9.59 Å². The number of carbonyl (C=O) groups is 2. The van der Waals surface area contributed by atoms with Crippen molar-refractivity contribution in [3.05, 3.63) is 0 Å². The number of nitrogens with one attached hydrogen (secondary N) is 1. The van der Waals surface area contributed by atoms with E-state index in [1.807, 2.05) is 13.8 Å². The third kappa shape index (κ3) is 7.23. The van der Waals surface area contributed by atoms with E-state index in [1.165, 1.54) is 0 Å². The summed E-state index contributed by atoms with van der Waals surface area (Å²) in [7, 11) is 1.56. The van der Waals surface area contributed by atoms with Gasteiger partial charge in [0.25, 0.3) is 0 Å². The van der Waals surface area contributed by atoms with Gasteiger partial charge < -0.3 is 14.8 Å². The number of carbonyl (C=O) groups excluding carboxylic acids is 2. The second-order valence-corrected chi connectivity index (χ2v) is 4.05. The summed E-state index contributed by atoms with van der Waals surface area (Å²) in [4.78, 5) is 22.4. The smallest absolute Gasteiger partial charge is 0.307 e. The Kier molecular flexibility index (Phi) is 6.72. The molecule has 94 valence electrons. The summed E-state index contributed by atoms with van der Waals surface area (Å²) in [6, 6.07) is 0. The van der Waals surface area contributed by atoms with Crippen LogP contribution in [0.3, 0.4) is 0 Å². The van der Waals surface area contributed by atoms with Gasteiger partial charge in [0.2, 0.25) is 5.91 Å². The fourth-order valence-corrected chi connectivity index (χ4v) is 1.06. The predicted molar refractivity (Wildman–Crippen MR) is 60.0 cm³/mol. The summed E-state index contributed by atoms with van der Waals surface area (Å²) < 4.78 is 9.85. The highest BCUT2D eigenvalue weighted by Gasteiger charge is 2.20. The van der Waals surface area contributed by atoms with Crippen molar-refractivity contribution in [2.45, 2.75) is 39.2 Å². The van der Waals surface area contributed by atoms with Crippen molar-refractivity contribution in [2.75, 3.05) is 20.3 Å². The van der Waals surface area contributed by atoms with Crippen molar-refractivity contribution in [2.24, 2.45) is 0 Å². The Morgan fingerprint density at radius 3 is 2.44 bits per heavy atom. The van der Waals surface area contributed by atoms with Gasteiger partial charge >= 0.3 is 5.97 Å². The first-order chi connectivity index (χ1) is 7.41. The van der Waals surface area contributed by atoms with Gasteiger partial charge in [0.15, 0.2) is 0 Å². The monoisotopic (exact) mass is 231 g/mol. The van der Waals surface area contributed by atoms with Gasteiger partial charge in [-0.15, -0.1) is 0 Å². The maximum absolute atomic E-state index is 11.4. The molecule has 16 heavy (non-hydrogen) atoms. The van der Waals surface area contributed by atoms with E-state index in [-0.39, 0.29) is 24.7 Å². The lowest BCUT2D eigenvalue weighted by molar-refractivity contribution is -0.143. The van der Waals surface area contributed by atoms with Crippen molar-refractivity contribution >= 4 is 11.9 Å². The Bertz CT molecular complexity index is 238. The van der Waals surface area contributed by atoms with Gasteiger partial charge in [-0.25, -0.2) is 0 Å². The molecule has 0 fully saturated rings. The molecule has 0 aromatic heterocycles. The van der Waals surface area contributed by atoms with Crippen LogP contribution < -0.4 is 5.32 Å². The van der Waals surface area contributed by atoms with Crippen LogP contribution in [0.5, 0.6) is 0 Å². The number of methoxy groups -OCH3 is 1. The Balaban J connectivity index is 3.70. The van der Waals surface area contributed by atoms with E-state index in [2.05, 4.69) is 5.32 Å². The molecule has 0 aromatic rings. The molecule has 0 saturated carbocycles. The van der Waals surface area contributed by atoms with Crippen LogP contribution in [0.1, 0.15) is 33.6 Å². The second-order valence-electron chi connectivity index (χ2n) is 4.05. The minimum atomic E-state index is -0.478. The highest BCUT2D eigenvalue weighted by Crippen LogP contribution is 2.11. The molecule has 5 heteroatoms. The molecule has 5 nitrogen and oxygen atoms in total. The number of esters is 1. The Labute approximate surface area is 96.5 Å². The molecule has 1 amide bonds. The van der Waals surface area contributed by atoms with Crippen LogP contribution >= 0.6 is 0 Å². The molecule has 0 aliphatic heterocycles. The second kappa shape index (κ2) is 7.22. The molecule has 0 aliphatic rings. The van der Waals surface area contributed by atoms with E-state index in [4.69, 9.17) is 9.47 Å². The van der Waals surface area contributed by atoms with Crippen molar-refractivity contribution in [1.29, 1.82) is 0 Å². The SMILES string of the molecule is CCOC(=O)CCNC(=O)CC(C)(C)OC. The largest absolute Gasteiger partial charge is 0.466 e. The van der Waals surface area contributed by atoms with Crippen LogP contribution in [0.2, 0.25) is 0 Å². The van der Waals surface area contributed by atoms with Crippen LogP contribution in [-0.4, -0.2) is 37.7 Å². The molecule has 0 rings (SSSR count). The summed E-state index contributed by atoms with van der Waals surface area (Å²) in [5, 5.41) is 2.64. The van der Waals surface area contributed by atoms with Gasteiger partial charge in [-0.2, -0.15) is 0 Å². The van der Waals surface area contributed by atoms with E-state index < -0.39 is 5.60 Å². The maximum atomic E-state index is 11.4. The summed E-state index contributed by atoms with van der Waals surface area (Å²) in [5.41, 5.74) is -0.478. The first-order valence-electron chi connectivity index (χ1n) is 5.38. The Hall–Kier alpha value is -1.10. The third-order valence-electron chi connectivity index (χ3n) is 2.10. The summed E-state index contributed by atoms with van der Waals surface area (Å²) in [6.07, 6.45) is 0.472. The molecule has 0 bridgehead atoms. The third-order valence-corrected chi connectivity index (χ3v) is 2.10. The summed E-state index contributed by atoms with van der Waals surface area (Å²) >= 11 is 0. The molecule has 0 aromatic carbocycles. The zero-order valence-corrected chi connectivity index (χ0v) is 10.5. The number of hydrogen-bond donors (Lipinski definition) is 1. The number of amides is 1. The van der Waals surface area contributed by atoms with Crippen molar-refractivity contribution in [1.82, 2.24) is 5.32 Å². The fourth-order valence-electron chi connectivity index (χ4n) is 1.06. The highest BCUT2D eigenvalue weighted by atomic mass is 16.5. The number of rotatable bonds is 7. The van der Waals surface area contributed by atoms with Crippen LogP contribution in [-0.2, 0) is 19.1 Å².